The molecule has 1 saturated heterocycles. The van der Waals surface area contributed by atoms with Gasteiger partial charge in [0.25, 0.3) is 0 Å². The number of methoxy groups -OCH3 is 1. The Labute approximate surface area is 163 Å². The zero-order valence-electron chi connectivity index (χ0n) is 16.0. The summed E-state index contributed by atoms with van der Waals surface area (Å²) in [6.45, 7) is 6.19. The van der Waals surface area contributed by atoms with Gasteiger partial charge in [-0.2, -0.15) is 0 Å². The summed E-state index contributed by atoms with van der Waals surface area (Å²) >= 11 is 1.41. The van der Waals surface area contributed by atoms with E-state index < -0.39 is 5.60 Å². The highest BCUT2D eigenvalue weighted by molar-refractivity contribution is 7.10. The summed E-state index contributed by atoms with van der Waals surface area (Å²) < 4.78 is 10.7. The van der Waals surface area contributed by atoms with Crippen molar-refractivity contribution in [1.29, 1.82) is 0 Å². The number of benzene rings is 1. The third kappa shape index (κ3) is 4.47. The van der Waals surface area contributed by atoms with Crippen LogP contribution in [0.1, 0.15) is 60.7 Å². The second-order valence-electron chi connectivity index (χ2n) is 7.46. The van der Waals surface area contributed by atoms with Gasteiger partial charge in [-0.1, -0.05) is 12.1 Å². The molecule has 1 aliphatic rings. The first-order valence-corrected chi connectivity index (χ1v) is 9.80. The molecule has 2 aromatic rings. The Hall–Kier alpha value is -2.41. The van der Waals surface area contributed by atoms with E-state index in [0.29, 0.717) is 23.6 Å². The number of ether oxygens (including phenoxy) is 2. The molecule has 1 aliphatic heterocycles. The van der Waals surface area contributed by atoms with Crippen molar-refractivity contribution in [2.24, 2.45) is 0 Å². The van der Waals surface area contributed by atoms with Crippen LogP contribution in [0.25, 0.3) is 0 Å². The van der Waals surface area contributed by atoms with E-state index in [-0.39, 0.29) is 17.9 Å². The molecule has 1 aromatic heterocycles. The normalized spacial score (nSPS) is 17.0. The molecule has 6 nitrogen and oxygen atoms in total. The molecular weight excluding hydrogens is 364 g/mol. The minimum Gasteiger partial charge on any atom is -0.497 e. The van der Waals surface area contributed by atoms with E-state index in [0.717, 1.165) is 17.8 Å². The maximum atomic E-state index is 12.7. The number of nitrogens with zero attached hydrogens (tertiary/aromatic N) is 2. The minimum absolute atomic E-state index is 0.142. The SMILES string of the molecule is COc1cccc(C(=O)c2csc([C@@H]3CCCN3C(=O)OC(C)(C)C)n2)c1. The number of thiazole rings is 1. The average Bonchev–Trinajstić information content (AvgIpc) is 3.28. The highest BCUT2D eigenvalue weighted by Crippen LogP contribution is 2.35. The number of likely N-dealkylation sites (tertiary alicyclic amines) is 1. The van der Waals surface area contributed by atoms with Crippen molar-refractivity contribution in [3.05, 3.63) is 45.9 Å². The van der Waals surface area contributed by atoms with Crippen LogP contribution < -0.4 is 4.74 Å². The molecular formula is C20H24N2O4S. The van der Waals surface area contributed by atoms with Crippen molar-refractivity contribution >= 4 is 23.2 Å². The third-order valence-electron chi connectivity index (χ3n) is 4.25. The predicted octanol–water partition coefficient (Wildman–Crippen LogP) is 4.45. The maximum Gasteiger partial charge on any atom is 0.410 e. The summed E-state index contributed by atoms with van der Waals surface area (Å²) in [5, 5.41) is 2.52. The standard InChI is InChI=1S/C20H24N2O4S/c1-20(2,3)26-19(24)22-10-6-9-16(22)18-21-15(12-27-18)17(23)13-7-5-8-14(11-13)25-4/h5,7-8,11-12,16H,6,9-10H2,1-4H3/t16-/m0/s1. The minimum atomic E-state index is -0.541. The van der Waals surface area contributed by atoms with Gasteiger partial charge in [0, 0.05) is 17.5 Å². The van der Waals surface area contributed by atoms with Crippen molar-refractivity contribution in [1.82, 2.24) is 9.88 Å². The fourth-order valence-corrected chi connectivity index (χ4v) is 3.97. The van der Waals surface area contributed by atoms with E-state index in [2.05, 4.69) is 4.98 Å². The number of hydrogen-bond donors (Lipinski definition) is 0. The monoisotopic (exact) mass is 388 g/mol. The number of carbonyl (C=O) groups excluding carboxylic acids is 2. The zero-order valence-corrected chi connectivity index (χ0v) is 16.8. The third-order valence-corrected chi connectivity index (χ3v) is 5.20. The second kappa shape index (κ2) is 7.68. The molecule has 2 heterocycles. The fourth-order valence-electron chi connectivity index (χ4n) is 3.02. The van der Waals surface area contributed by atoms with E-state index in [9.17, 15) is 9.59 Å². The number of rotatable bonds is 4. The van der Waals surface area contributed by atoms with Gasteiger partial charge in [-0.3, -0.25) is 9.69 Å². The van der Waals surface area contributed by atoms with Crippen molar-refractivity contribution in [2.75, 3.05) is 13.7 Å². The summed E-state index contributed by atoms with van der Waals surface area (Å²) in [6, 6.07) is 6.87. The second-order valence-corrected chi connectivity index (χ2v) is 8.35. The van der Waals surface area contributed by atoms with Crippen LogP contribution in [0.4, 0.5) is 4.79 Å². The van der Waals surface area contributed by atoms with Crippen LogP contribution in [0.3, 0.4) is 0 Å². The van der Waals surface area contributed by atoms with Gasteiger partial charge in [-0.05, 0) is 45.7 Å². The number of hydrogen-bond acceptors (Lipinski definition) is 6. The molecule has 27 heavy (non-hydrogen) atoms. The van der Waals surface area contributed by atoms with Crippen molar-refractivity contribution in [2.45, 2.75) is 45.3 Å². The van der Waals surface area contributed by atoms with Gasteiger partial charge in [-0.25, -0.2) is 9.78 Å². The van der Waals surface area contributed by atoms with Crippen molar-refractivity contribution < 1.29 is 19.1 Å². The van der Waals surface area contributed by atoms with Crippen LogP contribution in [0.15, 0.2) is 29.6 Å². The lowest BCUT2D eigenvalue weighted by atomic mass is 10.1. The molecule has 0 radical (unpaired) electrons. The molecule has 1 amide bonds. The Balaban J connectivity index is 1.78. The lowest BCUT2D eigenvalue weighted by Gasteiger charge is -2.27. The van der Waals surface area contributed by atoms with Gasteiger partial charge < -0.3 is 9.47 Å². The van der Waals surface area contributed by atoms with Gasteiger partial charge in [0.15, 0.2) is 0 Å². The molecule has 0 bridgehead atoms. The first-order chi connectivity index (χ1) is 12.8. The Bertz CT molecular complexity index is 841. The van der Waals surface area contributed by atoms with Crippen molar-refractivity contribution in [3.63, 3.8) is 0 Å². The Morgan fingerprint density at radius 3 is 2.78 bits per heavy atom. The quantitative estimate of drug-likeness (QED) is 0.724. The topological polar surface area (TPSA) is 68.7 Å². The van der Waals surface area contributed by atoms with E-state index >= 15 is 0 Å². The van der Waals surface area contributed by atoms with Gasteiger partial charge in [0.1, 0.15) is 22.1 Å². The fraction of sp³-hybridized carbons (Fsp3) is 0.450. The number of aromatic nitrogens is 1. The summed E-state index contributed by atoms with van der Waals surface area (Å²) in [7, 11) is 1.57. The van der Waals surface area contributed by atoms with E-state index in [1.54, 1.807) is 41.7 Å². The largest absolute Gasteiger partial charge is 0.497 e. The Morgan fingerprint density at radius 1 is 1.30 bits per heavy atom. The molecule has 144 valence electrons. The predicted molar refractivity (Wildman–Crippen MR) is 103 cm³/mol. The van der Waals surface area contributed by atoms with Crippen LogP contribution >= 0.6 is 11.3 Å². The molecule has 7 heteroatoms. The van der Waals surface area contributed by atoms with Crippen LogP contribution in [0, 0.1) is 0 Å². The molecule has 0 aliphatic carbocycles. The van der Waals surface area contributed by atoms with Crippen LogP contribution in [-0.2, 0) is 4.74 Å². The van der Waals surface area contributed by atoms with Gasteiger partial charge >= 0.3 is 6.09 Å². The molecule has 0 unspecified atom stereocenters. The van der Waals surface area contributed by atoms with Gasteiger partial charge in [0.2, 0.25) is 5.78 Å². The number of amides is 1. The van der Waals surface area contributed by atoms with Gasteiger partial charge in [0.05, 0.1) is 13.2 Å². The maximum absolute atomic E-state index is 12.7. The Morgan fingerprint density at radius 2 is 2.07 bits per heavy atom. The Kier molecular flexibility index (Phi) is 5.51. The summed E-state index contributed by atoms with van der Waals surface area (Å²) in [5.41, 5.74) is 0.376. The van der Waals surface area contributed by atoms with Crippen molar-refractivity contribution in [3.8, 4) is 5.75 Å². The average molecular weight is 388 g/mol. The highest BCUT2D eigenvalue weighted by atomic mass is 32.1. The first-order valence-electron chi connectivity index (χ1n) is 8.92. The molecule has 0 spiro atoms. The molecule has 3 rings (SSSR count). The summed E-state index contributed by atoms with van der Waals surface area (Å²) in [5.74, 6) is 0.474. The lowest BCUT2D eigenvalue weighted by Crippen LogP contribution is -2.36. The lowest BCUT2D eigenvalue weighted by molar-refractivity contribution is 0.0224. The number of carbonyl (C=O) groups is 2. The molecule has 0 N–H and O–H groups in total. The molecule has 0 saturated carbocycles. The number of ketones is 1. The molecule has 1 fully saturated rings. The van der Waals surface area contributed by atoms with E-state index in [4.69, 9.17) is 9.47 Å². The first kappa shape index (κ1) is 19.4. The highest BCUT2D eigenvalue weighted by Gasteiger charge is 2.35. The molecule has 1 atom stereocenters. The summed E-state index contributed by atoms with van der Waals surface area (Å²) in [4.78, 5) is 31.5. The molecule has 1 aromatic carbocycles. The van der Waals surface area contributed by atoms with Gasteiger partial charge in [-0.15, -0.1) is 11.3 Å². The summed E-state index contributed by atoms with van der Waals surface area (Å²) in [6.07, 6.45) is 1.38. The van der Waals surface area contributed by atoms with Crippen LogP contribution in [0.5, 0.6) is 5.75 Å². The van der Waals surface area contributed by atoms with Crippen LogP contribution in [0.2, 0.25) is 0 Å². The zero-order chi connectivity index (χ0) is 19.6. The van der Waals surface area contributed by atoms with E-state index in [1.165, 1.54) is 11.3 Å². The smallest absolute Gasteiger partial charge is 0.410 e. The van der Waals surface area contributed by atoms with E-state index in [1.807, 2.05) is 20.8 Å². The van der Waals surface area contributed by atoms with Crippen LogP contribution in [-0.4, -0.2) is 41.0 Å².